The van der Waals surface area contributed by atoms with Crippen LogP contribution in [0, 0.1) is 22.7 Å². The van der Waals surface area contributed by atoms with Crippen LogP contribution >= 0.6 is 23.2 Å². The van der Waals surface area contributed by atoms with E-state index >= 15 is 0 Å². The van der Waals surface area contributed by atoms with Crippen molar-refractivity contribution in [2.24, 2.45) is 15.8 Å². The topological polar surface area (TPSA) is 110 Å². The lowest BCUT2D eigenvalue weighted by molar-refractivity contribution is -0.137. The molecule has 0 radical (unpaired) electrons. The summed E-state index contributed by atoms with van der Waals surface area (Å²) < 4.78 is 37.8. The minimum Gasteiger partial charge on any atom is -0.388 e. The van der Waals surface area contributed by atoms with Crippen LogP contribution in [0.2, 0.25) is 10.0 Å². The first-order chi connectivity index (χ1) is 11.2. The molecule has 0 saturated carbocycles. The summed E-state index contributed by atoms with van der Waals surface area (Å²) in [6, 6.07) is 4.55. The molecule has 0 aliphatic rings. The lowest BCUT2D eigenvalue weighted by Gasteiger charge is -2.11. The van der Waals surface area contributed by atoms with Crippen molar-refractivity contribution < 1.29 is 13.2 Å². The molecule has 0 aliphatic heterocycles. The maximum Gasteiger partial charge on any atom is 0.416 e. The largest absolute Gasteiger partial charge is 0.416 e. The number of anilines is 1. The average molecular weight is 375 g/mol. The van der Waals surface area contributed by atoms with Gasteiger partial charge in [-0.1, -0.05) is 23.2 Å². The molecule has 1 rings (SSSR count). The predicted molar refractivity (Wildman–Crippen MR) is 84.5 cm³/mol. The third-order valence-electron chi connectivity index (χ3n) is 2.37. The van der Waals surface area contributed by atoms with E-state index in [0.717, 1.165) is 12.4 Å². The second kappa shape index (κ2) is 8.20. The van der Waals surface area contributed by atoms with Crippen molar-refractivity contribution in [3.05, 3.63) is 39.1 Å². The fraction of sp³-hybridized carbons (Fsp3) is 0.0769. The van der Waals surface area contributed by atoms with Crippen molar-refractivity contribution in [3.8, 4) is 12.1 Å². The number of nitrogens with two attached hydrogens (primary N) is 1. The first kappa shape index (κ1) is 19.3. The Morgan fingerprint density at radius 1 is 1.17 bits per heavy atom. The number of halogens is 5. The minimum atomic E-state index is -4.58. The summed E-state index contributed by atoms with van der Waals surface area (Å²) in [5.41, 5.74) is 5.85. The van der Waals surface area contributed by atoms with Gasteiger partial charge in [0, 0.05) is 6.21 Å². The predicted octanol–water partition coefficient (Wildman–Crippen LogP) is 3.70. The molecular formula is C13H7Cl2F3N6. The molecule has 0 saturated heterocycles. The van der Waals surface area contributed by atoms with E-state index in [4.69, 9.17) is 39.5 Å². The average Bonchev–Trinajstić information content (AvgIpc) is 2.51. The number of nitrogens with zero attached hydrogens (tertiary/aromatic N) is 4. The molecule has 6 nitrogen and oxygen atoms in total. The van der Waals surface area contributed by atoms with Crippen LogP contribution in [-0.2, 0) is 6.18 Å². The highest BCUT2D eigenvalue weighted by atomic mass is 35.5. The Bertz CT molecular complexity index is 776. The highest BCUT2D eigenvalue weighted by molar-refractivity contribution is 6.39. The van der Waals surface area contributed by atoms with Gasteiger partial charge in [0.25, 0.3) is 0 Å². The van der Waals surface area contributed by atoms with E-state index in [-0.39, 0.29) is 27.1 Å². The van der Waals surface area contributed by atoms with Gasteiger partial charge < -0.3 is 5.73 Å². The molecule has 1 aromatic carbocycles. The fourth-order valence-electron chi connectivity index (χ4n) is 1.30. The standard InChI is InChI=1S/C13H7Cl2F3N6/c14-8-3-7(13(16,17)18)4-9(15)12(8)24-23-2-1-22-11(6-20)10(21)5-19/h1-4,24H,21H2. The molecule has 0 aliphatic carbocycles. The van der Waals surface area contributed by atoms with E-state index in [1.807, 2.05) is 0 Å². The Kier molecular flexibility index (Phi) is 6.59. The molecule has 11 heteroatoms. The zero-order chi connectivity index (χ0) is 18.3. The lowest BCUT2D eigenvalue weighted by Crippen LogP contribution is -2.05. The monoisotopic (exact) mass is 374 g/mol. The van der Waals surface area contributed by atoms with Gasteiger partial charge in [0.2, 0.25) is 0 Å². The minimum absolute atomic E-state index is 0.0384. The van der Waals surface area contributed by atoms with E-state index in [2.05, 4.69) is 15.5 Å². The summed E-state index contributed by atoms with van der Waals surface area (Å²) in [5.74, 6) is 0. The van der Waals surface area contributed by atoms with Crippen molar-refractivity contribution in [2.45, 2.75) is 6.18 Å². The molecule has 0 atom stereocenters. The van der Waals surface area contributed by atoms with Crippen LogP contribution in [0.15, 0.2) is 33.6 Å². The number of rotatable bonds is 4. The van der Waals surface area contributed by atoms with Gasteiger partial charge in [-0.2, -0.15) is 28.8 Å². The molecule has 0 spiro atoms. The van der Waals surface area contributed by atoms with Gasteiger partial charge in [-0.05, 0) is 12.1 Å². The van der Waals surface area contributed by atoms with Gasteiger partial charge in [0.05, 0.1) is 27.5 Å². The summed E-state index contributed by atoms with van der Waals surface area (Å²) >= 11 is 11.5. The van der Waals surface area contributed by atoms with Gasteiger partial charge in [0.1, 0.15) is 17.8 Å². The Hall–Kier alpha value is -2.75. The second-order valence-electron chi connectivity index (χ2n) is 3.97. The van der Waals surface area contributed by atoms with Crippen LogP contribution in [-0.4, -0.2) is 12.4 Å². The first-order valence-electron chi connectivity index (χ1n) is 5.88. The molecule has 3 N–H and O–H groups in total. The molecule has 0 heterocycles. The van der Waals surface area contributed by atoms with Crippen LogP contribution < -0.4 is 11.2 Å². The van der Waals surface area contributed by atoms with Crippen LogP contribution in [0.5, 0.6) is 0 Å². The molecule has 1 aromatic rings. The summed E-state index contributed by atoms with van der Waals surface area (Å²) in [6.07, 6.45) is -2.48. The van der Waals surface area contributed by atoms with E-state index < -0.39 is 11.7 Å². The molecule has 0 amide bonds. The van der Waals surface area contributed by atoms with Crippen molar-refractivity contribution in [2.75, 3.05) is 5.43 Å². The van der Waals surface area contributed by atoms with Crippen molar-refractivity contribution in [3.63, 3.8) is 0 Å². The number of alkyl halides is 3. The fourth-order valence-corrected chi connectivity index (χ4v) is 1.87. The normalized spacial score (nSPS) is 12.8. The molecule has 0 aromatic heterocycles. The quantitative estimate of drug-likeness (QED) is 0.475. The second-order valence-corrected chi connectivity index (χ2v) is 4.78. The highest BCUT2D eigenvalue weighted by Crippen LogP contribution is 2.38. The lowest BCUT2D eigenvalue weighted by atomic mass is 10.2. The number of hydrazone groups is 1. The maximum atomic E-state index is 12.6. The van der Waals surface area contributed by atoms with E-state index in [9.17, 15) is 13.2 Å². The number of nitriles is 2. The number of hydrogen-bond acceptors (Lipinski definition) is 6. The highest BCUT2D eigenvalue weighted by Gasteiger charge is 2.31. The van der Waals surface area contributed by atoms with Crippen LogP contribution in [0.25, 0.3) is 0 Å². The van der Waals surface area contributed by atoms with Gasteiger partial charge >= 0.3 is 6.18 Å². The van der Waals surface area contributed by atoms with Gasteiger partial charge in [-0.15, -0.1) is 0 Å². The summed E-state index contributed by atoms with van der Waals surface area (Å²) in [5, 5.41) is 20.3. The molecule has 124 valence electrons. The summed E-state index contributed by atoms with van der Waals surface area (Å²) in [4.78, 5) is 3.58. The number of allylic oxidation sites excluding steroid dienone is 2. The summed E-state index contributed by atoms with van der Waals surface area (Å²) in [6.45, 7) is 0. The zero-order valence-corrected chi connectivity index (χ0v) is 13.1. The SMILES string of the molecule is N#CC(N)=C(C#N)N=CC=NNc1c(Cl)cc(C(F)(F)F)cc1Cl. The Balaban J connectivity index is 2.90. The van der Waals surface area contributed by atoms with Gasteiger partial charge in [-0.3, -0.25) is 5.43 Å². The van der Waals surface area contributed by atoms with E-state index in [1.54, 1.807) is 12.1 Å². The van der Waals surface area contributed by atoms with Crippen LogP contribution in [0.4, 0.5) is 18.9 Å². The first-order valence-corrected chi connectivity index (χ1v) is 6.64. The van der Waals surface area contributed by atoms with E-state index in [1.165, 1.54) is 0 Å². The number of aliphatic imine (C=N–C) groups is 1. The van der Waals surface area contributed by atoms with Crippen molar-refractivity contribution in [1.29, 1.82) is 10.5 Å². The molecule has 24 heavy (non-hydrogen) atoms. The van der Waals surface area contributed by atoms with Crippen LogP contribution in [0.1, 0.15) is 5.56 Å². The van der Waals surface area contributed by atoms with Crippen molar-refractivity contribution in [1.82, 2.24) is 0 Å². The molecule has 0 unspecified atom stereocenters. The van der Waals surface area contributed by atoms with Gasteiger partial charge in [-0.25, -0.2) is 4.99 Å². The van der Waals surface area contributed by atoms with Crippen LogP contribution in [0.3, 0.4) is 0 Å². The van der Waals surface area contributed by atoms with Gasteiger partial charge in [0.15, 0.2) is 5.70 Å². The molecule has 0 bridgehead atoms. The molecular weight excluding hydrogens is 368 g/mol. The Labute approximate surface area is 144 Å². The van der Waals surface area contributed by atoms with Crippen molar-refractivity contribution >= 4 is 41.3 Å². The number of benzene rings is 1. The summed E-state index contributed by atoms with van der Waals surface area (Å²) in [7, 11) is 0. The maximum absolute atomic E-state index is 12.6. The third kappa shape index (κ3) is 5.16. The Morgan fingerprint density at radius 3 is 2.21 bits per heavy atom. The smallest absolute Gasteiger partial charge is 0.388 e. The number of nitrogens with one attached hydrogen (secondary N) is 1. The number of hydrogen-bond donors (Lipinski definition) is 2. The molecule has 0 fully saturated rings. The zero-order valence-electron chi connectivity index (χ0n) is 11.6. The van der Waals surface area contributed by atoms with E-state index in [0.29, 0.717) is 12.1 Å². The third-order valence-corrected chi connectivity index (χ3v) is 2.97. The Morgan fingerprint density at radius 2 is 1.75 bits per heavy atom.